The normalized spacial score (nSPS) is 13.3. The van der Waals surface area contributed by atoms with Crippen LogP contribution in [-0.2, 0) is 21.7 Å². The maximum atomic E-state index is 2.56. The van der Waals surface area contributed by atoms with Crippen LogP contribution in [0.4, 0.5) is 0 Å². The fraction of sp³-hybridized carbons (Fsp3) is 0.250. The second-order valence-corrected chi connectivity index (χ2v) is 23.0. The summed E-state index contributed by atoms with van der Waals surface area (Å²) in [6.07, 6.45) is 0. The third kappa shape index (κ3) is 6.23. The summed E-state index contributed by atoms with van der Waals surface area (Å²) in [6.45, 7) is 28.2. The van der Waals surface area contributed by atoms with Gasteiger partial charge >= 0.3 is 0 Å². The summed E-state index contributed by atoms with van der Waals surface area (Å²) in [5, 5.41) is 15.6. The van der Waals surface area contributed by atoms with Crippen molar-refractivity contribution in [1.82, 2.24) is 0 Å². The highest BCUT2D eigenvalue weighted by Gasteiger charge is 2.34. The predicted molar refractivity (Wildman–Crippen MR) is 282 cm³/mol. The lowest BCUT2D eigenvalue weighted by atomic mass is 9.76. The minimum absolute atomic E-state index is 0.00872. The zero-order valence-electron chi connectivity index (χ0n) is 39.9. The van der Waals surface area contributed by atoms with Crippen molar-refractivity contribution in [3.05, 3.63) is 168 Å². The molecule has 0 heterocycles. The van der Waals surface area contributed by atoms with Crippen molar-refractivity contribution in [3.8, 4) is 44.5 Å². The first-order valence-corrected chi connectivity index (χ1v) is 23.4. The van der Waals surface area contributed by atoms with Crippen LogP contribution in [0.3, 0.4) is 0 Å². The summed E-state index contributed by atoms with van der Waals surface area (Å²) in [4.78, 5) is 0. The standard InChI is InChI=1S/C64H60/c1-61(2,3)42-26-24-40-28-44(63(7,8)9)35-53(49(40)33-42)57-51-30-37-18-13-14-19-38(37)31-52(51)58(54-36-45(64(10,11)12)29-41-25-27-43(34-50(41)54)62(4,5)6)60-55-32-39-20-15-16-21-46(39)47-22-17-23-48(56(47)55)59(57)60/h13-36H,1-12H3. The summed E-state index contributed by atoms with van der Waals surface area (Å²) >= 11 is 0. The van der Waals surface area contributed by atoms with E-state index in [1.54, 1.807) is 0 Å². The lowest BCUT2D eigenvalue weighted by molar-refractivity contribution is 0.589. The van der Waals surface area contributed by atoms with Gasteiger partial charge in [-0.1, -0.05) is 198 Å². The molecular weight excluding hydrogens is 769 g/mol. The predicted octanol–water partition coefficient (Wildman–Crippen LogP) is 18.8. The molecule has 0 aliphatic heterocycles. The molecule has 316 valence electrons. The van der Waals surface area contributed by atoms with Crippen molar-refractivity contribution in [2.75, 3.05) is 0 Å². The van der Waals surface area contributed by atoms with Gasteiger partial charge in [-0.25, -0.2) is 0 Å². The Morgan fingerprint density at radius 1 is 0.234 bits per heavy atom. The SMILES string of the molecule is CC(C)(C)c1cc(-c2c3c(c(-c4cc(C(C)(C)C)cc5ccc(C(C)(C)C)cc45)c4cc5ccccc5cc24)-c2cc4ccccc4c4cccc-3c24)c2cc(C(C)(C)C)ccc2c1. The minimum atomic E-state index is -0.0620. The molecule has 1 aliphatic rings. The molecule has 0 nitrogen and oxygen atoms in total. The largest absolute Gasteiger partial charge is 0.0616 e. The molecule has 0 fully saturated rings. The van der Waals surface area contributed by atoms with Crippen LogP contribution >= 0.6 is 0 Å². The minimum Gasteiger partial charge on any atom is -0.0616 e. The number of fused-ring (bicyclic) bond motifs is 9. The Hall–Kier alpha value is -6.24. The van der Waals surface area contributed by atoms with Gasteiger partial charge in [0.25, 0.3) is 0 Å². The molecule has 0 amide bonds. The van der Waals surface area contributed by atoms with Crippen molar-refractivity contribution in [2.24, 2.45) is 0 Å². The van der Waals surface area contributed by atoms with Crippen LogP contribution in [0.15, 0.2) is 146 Å². The van der Waals surface area contributed by atoms with Crippen LogP contribution < -0.4 is 0 Å². The summed E-state index contributed by atoms with van der Waals surface area (Å²) in [7, 11) is 0. The van der Waals surface area contributed by atoms with Crippen LogP contribution in [0, 0.1) is 0 Å². The molecule has 10 aromatic carbocycles. The molecule has 0 saturated heterocycles. The molecule has 0 bridgehead atoms. The van der Waals surface area contributed by atoms with E-state index in [1.165, 1.54) is 131 Å². The maximum absolute atomic E-state index is 2.56. The molecule has 1 aliphatic carbocycles. The molecular formula is C64H60. The summed E-state index contributed by atoms with van der Waals surface area (Å²) < 4.78 is 0. The highest BCUT2D eigenvalue weighted by molar-refractivity contribution is 6.33. The molecule has 0 atom stereocenters. The van der Waals surface area contributed by atoms with Gasteiger partial charge in [0.15, 0.2) is 0 Å². The van der Waals surface area contributed by atoms with Gasteiger partial charge < -0.3 is 0 Å². The Kier molecular flexibility index (Phi) is 8.64. The van der Waals surface area contributed by atoms with Crippen molar-refractivity contribution in [3.63, 3.8) is 0 Å². The zero-order valence-corrected chi connectivity index (χ0v) is 39.9. The van der Waals surface area contributed by atoms with E-state index in [0.29, 0.717) is 0 Å². The lowest BCUT2D eigenvalue weighted by Gasteiger charge is -2.28. The Morgan fingerprint density at radius 3 is 1.14 bits per heavy atom. The van der Waals surface area contributed by atoms with Gasteiger partial charge in [-0.15, -0.1) is 0 Å². The lowest BCUT2D eigenvalue weighted by Crippen LogP contribution is -2.13. The second-order valence-electron chi connectivity index (χ2n) is 23.0. The smallest absolute Gasteiger partial charge is 0.000696 e. The summed E-state index contributed by atoms with van der Waals surface area (Å²) in [6, 6.07) is 57.3. The molecule has 0 spiro atoms. The Bertz CT molecular complexity index is 3620. The van der Waals surface area contributed by atoms with Gasteiger partial charge in [-0.3, -0.25) is 0 Å². The summed E-state index contributed by atoms with van der Waals surface area (Å²) in [5.41, 5.74) is 15.9. The number of hydrogen-bond donors (Lipinski definition) is 0. The second kappa shape index (κ2) is 13.6. The zero-order chi connectivity index (χ0) is 44.8. The van der Waals surface area contributed by atoms with Gasteiger partial charge in [-0.2, -0.15) is 0 Å². The fourth-order valence-electron chi connectivity index (χ4n) is 10.8. The van der Waals surface area contributed by atoms with Gasteiger partial charge in [0.2, 0.25) is 0 Å². The van der Waals surface area contributed by atoms with Crippen LogP contribution in [0.1, 0.15) is 105 Å². The number of benzene rings is 10. The van der Waals surface area contributed by atoms with Gasteiger partial charge in [0.05, 0.1) is 0 Å². The monoisotopic (exact) mass is 828 g/mol. The van der Waals surface area contributed by atoms with Gasteiger partial charge in [0, 0.05) is 0 Å². The van der Waals surface area contributed by atoms with Crippen molar-refractivity contribution < 1.29 is 0 Å². The third-order valence-electron chi connectivity index (χ3n) is 14.5. The van der Waals surface area contributed by atoms with E-state index in [4.69, 9.17) is 0 Å². The molecule has 11 rings (SSSR count). The Balaban J connectivity index is 1.45. The van der Waals surface area contributed by atoms with E-state index >= 15 is 0 Å². The molecule has 0 N–H and O–H groups in total. The van der Waals surface area contributed by atoms with Crippen LogP contribution in [0.5, 0.6) is 0 Å². The molecule has 0 heteroatoms. The first-order valence-electron chi connectivity index (χ1n) is 23.4. The van der Waals surface area contributed by atoms with E-state index in [2.05, 4.69) is 229 Å². The number of rotatable bonds is 2. The molecule has 0 aromatic heterocycles. The molecule has 64 heavy (non-hydrogen) atoms. The van der Waals surface area contributed by atoms with Crippen molar-refractivity contribution in [1.29, 1.82) is 0 Å². The van der Waals surface area contributed by atoms with Crippen molar-refractivity contribution in [2.45, 2.75) is 105 Å². The molecule has 10 aromatic rings. The van der Waals surface area contributed by atoms with E-state index in [1.807, 2.05) is 0 Å². The highest BCUT2D eigenvalue weighted by atomic mass is 14.4. The quantitative estimate of drug-likeness (QED) is 0.120. The first-order chi connectivity index (χ1) is 30.3. The Labute approximate surface area is 380 Å². The van der Waals surface area contributed by atoms with Crippen LogP contribution in [-0.4, -0.2) is 0 Å². The Morgan fingerprint density at radius 2 is 0.656 bits per heavy atom. The average Bonchev–Trinajstić information content (AvgIpc) is 3.56. The fourth-order valence-corrected chi connectivity index (χ4v) is 10.8. The third-order valence-corrected chi connectivity index (χ3v) is 14.5. The van der Waals surface area contributed by atoms with Gasteiger partial charge in [0.1, 0.15) is 0 Å². The van der Waals surface area contributed by atoms with E-state index in [-0.39, 0.29) is 21.7 Å². The molecule has 0 saturated carbocycles. The topological polar surface area (TPSA) is 0 Å². The van der Waals surface area contributed by atoms with E-state index in [0.717, 1.165) is 0 Å². The molecule has 0 radical (unpaired) electrons. The van der Waals surface area contributed by atoms with Gasteiger partial charge in [-0.05, 0) is 183 Å². The maximum Gasteiger partial charge on any atom is -0.000696 e. The number of hydrogen-bond acceptors (Lipinski definition) is 0. The van der Waals surface area contributed by atoms with E-state index in [9.17, 15) is 0 Å². The van der Waals surface area contributed by atoms with E-state index < -0.39 is 0 Å². The van der Waals surface area contributed by atoms with Crippen LogP contribution in [0.25, 0.3) is 109 Å². The summed E-state index contributed by atoms with van der Waals surface area (Å²) in [5.74, 6) is 0. The van der Waals surface area contributed by atoms with Crippen molar-refractivity contribution >= 4 is 64.6 Å². The average molecular weight is 829 g/mol. The highest BCUT2D eigenvalue weighted by Crippen LogP contribution is 2.60. The first kappa shape index (κ1) is 40.5. The molecule has 0 unspecified atom stereocenters. The van der Waals surface area contributed by atoms with Crippen LogP contribution in [0.2, 0.25) is 0 Å².